The zero-order valence-corrected chi connectivity index (χ0v) is 20.3. The van der Waals surface area contributed by atoms with Gasteiger partial charge in [0.1, 0.15) is 29.5 Å². The number of nitrogens with one attached hydrogen (secondary N) is 2. The number of aromatic nitrogens is 2. The first kappa shape index (κ1) is 24.7. The Hall–Kier alpha value is -3.94. The van der Waals surface area contributed by atoms with Crippen molar-refractivity contribution in [2.45, 2.75) is 46.3 Å². The van der Waals surface area contributed by atoms with E-state index >= 15 is 0 Å². The van der Waals surface area contributed by atoms with Crippen LogP contribution in [0, 0.1) is 13.8 Å². The number of amides is 2. The fourth-order valence-corrected chi connectivity index (χ4v) is 3.45. The number of anilines is 1. The van der Waals surface area contributed by atoms with Crippen molar-refractivity contribution in [1.29, 1.82) is 0 Å². The van der Waals surface area contributed by atoms with E-state index in [0.717, 1.165) is 22.4 Å². The Morgan fingerprint density at radius 2 is 1.59 bits per heavy atom. The molecule has 1 unspecified atom stereocenters. The number of nitrogens with zero attached hydrogens (tertiary/aromatic N) is 2. The van der Waals surface area contributed by atoms with E-state index in [1.165, 1.54) is 6.33 Å². The molecule has 0 spiro atoms. The molecule has 0 radical (unpaired) electrons. The second-order valence-electron chi connectivity index (χ2n) is 9.01. The van der Waals surface area contributed by atoms with Gasteiger partial charge in [-0.15, -0.1) is 0 Å². The van der Waals surface area contributed by atoms with E-state index in [-0.39, 0.29) is 0 Å². The number of rotatable bonds is 6. The lowest BCUT2D eigenvalue weighted by molar-refractivity contribution is -0.118. The molecular weight excluding hydrogens is 432 g/mol. The van der Waals surface area contributed by atoms with Gasteiger partial charge in [-0.05, 0) is 64.4 Å². The number of alkyl carbamates (subject to hydrolysis) is 1. The molecule has 1 atom stereocenters. The fourth-order valence-electron chi connectivity index (χ4n) is 3.45. The maximum atomic E-state index is 13.3. The van der Waals surface area contributed by atoms with Crippen LogP contribution in [0.1, 0.15) is 43.5 Å². The van der Waals surface area contributed by atoms with Gasteiger partial charge >= 0.3 is 6.09 Å². The van der Waals surface area contributed by atoms with Gasteiger partial charge in [0.15, 0.2) is 0 Å². The number of aryl methyl sites for hydroxylation is 2. The molecule has 0 aliphatic heterocycles. The first-order valence-electron chi connectivity index (χ1n) is 10.9. The average molecular weight is 463 g/mol. The third-order valence-electron chi connectivity index (χ3n) is 4.80. The van der Waals surface area contributed by atoms with Crippen LogP contribution >= 0.6 is 0 Å². The standard InChI is InChI=1S/C26H30N4O4/c1-16-11-17(2)13-19(12-16)23(30-25(32)34-26(3,4)5)24(31)29-22-14-21(27-15-28-22)18-7-9-20(33-6)10-8-18/h7-15,23H,1-6H3,(H,30,32)(H,27,28,29,31). The number of hydrogen-bond acceptors (Lipinski definition) is 6. The molecule has 8 nitrogen and oxygen atoms in total. The van der Waals surface area contributed by atoms with Crippen molar-refractivity contribution in [1.82, 2.24) is 15.3 Å². The third kappa shape index (κ3) is 6.78. The quantitative estimate of drug-likeness (QED) is 0.536. The number of hydrogen-bond donors (Lipinski definition) is 2. The number of methoxy groups -OCH3 is 1. The third-order valence-corrected chi connectivity index (χ3v) is 4.80. The monoisotopic (exact) mass is 462 g/mol. The molecular formula is C26H30N4O4. The van der Waals surface area contributed by atoms with E-state index in [1.807, 2.05) is 56.3 Å². The maximum absolute atomic E-state index is 13.3. The molecule has 2 N–H and O–H groups in total. The summed E-state index contributed by atoms with van der Waals surface area (Å²) in [6.45, 7) is 9.16. The van der Waals surface area contributed by atoms with Gasteiger partial charge in [-0.1, -0.05) is 29.3 Å². The minimum Gasteiger partial charge on any atom is -0.497 e. The van der Waals surface area contributed by atoms with E-state index < -0.39 is 23.6 Å². The lowest BCUT2D eigenvalue weighted by Crippen LogP contribution is -2.40. The van der Waals surface area contributed by atoms with Gasteiger partial charge in [-0.3, -0.25) is 4.79 Å². The number of carbonyl (C=O) groups is 2. The van der Waals surface area contributed by atoms with Crippen LogP contribution in [0.15, 0.2) is 54.9 Å². The van der Waals surface area contributed by atoms with Crippen LogP contribution in [0.25, 0.3) is 11.3 Å². The van der Waals surface area contributed by atoms with Crippen LogP contribution in [-0.2, 0) is 9.53 Å². The van der Waals surface area contributed by atoms with E-state index in [9.17, 15) is 9.59 Å². The van der Waals surface area contributed by atoms with Gasteiger partial charge in [0, 0.05) is 11.6 Å². The molecule has 8 heteroatoms. The second-order valence-corrected chi connectivity index (χ2v) is 9.01. The predicted molar refractivity (Wildman–Crippen MR) is 131 cm³/mol. The smallest absolute Gasteiger partial charge is 0.408 e. The summed E-state index contributed by atoms with van der Waals surface area (Å²) in [5.41, 5.74) is 3.37. The Morgan fingerprint density at radius 3 is 2.18 bits per heavy atom. The molecule has 3 rings (SSSR count). The molecule has 0 saturated carbocycles. The molecule has 1 aromatic heterocycles. The van der Waals surface area contributed by atoms with Gasteiger partial charge < -0.3 is 20.1 Å². The van der Waals surface area contributed by atoms with Crippen molar-refractivity contribution in [3.63, 3.8) is 0 Å². The summed E-state index contributed by atoms with van der Waals surface area (Å²) < 4.78 is 10.6. The summed E-state index contributed by atoms with van der Waals surface area (Å²) in [7, 11) is 1.60. The highest BCUT2D eigenvalue weighted by atomic mass is 16.6. The van der Waals surface area contributed by atoms with Gasteiger partial charge in [0.25, 0.3) is 5.91 Å². The summed E-state index contributed by atoms with van der Waals surface area (Å²) in [5, 5.41) is 5.49. The maximum Gasteiger partial charge on any atom is 0.408 e. The van der Waals surface area contributed by atoms with Crippen molar-refractivity contribution >= 4 is 17.8 Å². The zero-order valence-electron chi connectivity index (χ0n) is 20.3. The first-order valence-corrected chi connectivity index (χ1v) is 10.9. The molecule has 2 amide bonds. The molecule has 34 heavy (non-hydrogen) atoms. The molecule has 0 saturated heterocycles. The van der Waals surface area contributed by atoms with Crippen molar-refractivity contribution < 1.29 is 19.1 Å². The molecule has 2 aromatic carbocycles. The van der Waals surface area contributed by atoms with Crippen LogP contribution in [-0.4, -0.2) is 34.7 Å². The topological polar surface area (TPSA) is 102 Å². The number of ether oxygens (including phenoxy) is 2. The molecule has 0 aliphatic carbocycles. The first-order chi connectivity index (χ1) is 16.0. The Morgan fingerprint density at radius 1 is 0.941 bits per heavy atom. The highest BCUT2D eigenvalue weighted by molar-refractivity contribution is 5.97. The van der Waals surface area contributed by atoms with Crippen molar-refractivity contribution in [3.8, 4) is 17.0 Å². The Kier molecular flexibility index (Phi) is 7.50. The lowest BCUT2D eigenvalue weighted by atomic mass is 10.0. The van der Waals surface area contributed by atoms with Crippen LogP contribution in [0.4, 0.5) is 10.6 Å². The summed E-state index contributed by atoms with van der Waals surface area (Å²) in [6, 6.07) is 13.8. The number of carbonyl (C=O) groups excluding carboxylic acids is 2. The summed E-state index contributed by atoms with van der Waals surface area (Å²) in [6.07, 6.45) is 0.691. The van der Waals surface area contributed by atoms with Crippen LogP contribution < -0.4 is 15.4 Å². The normalized spacial score (nSPS) is 11.9. The largest absolute Gasteiger partial charge is 0.497 e. The molecule has 0 fully saturated rings. The van der Waals surface area contributed by atoms with Crippen molar-refractivity contribution in [2.75, 3.05) is 12.4 Å². The Balaban J connectivity index is 1.86. The highest BCUT2D eigenvalue weighted by Gasteiger charge is 2.27. The van der Waals surface area contributed by atoms with E-state index in [1.54, 1.807) is 33.9 Å². The van der Waals surface area contributed by atoms with Gasteiger partial charge in [0.2, 0.25) is 0 Å². The van der Waals surface area contributed by atoms with Crippen LogP contribution in [0.2, 0.25) is 0 Å². The average Bonchev–Trinajstić information content (AvgIpc) is 2.76. The molecule has 178 valence electrons. The summed E-state index contributed by atoms with van der Waals surface area (Å²) >= 11 is 0. The molecule has 1 heterocycles. The molecule has 0 aliphatic rings. The van der Waals surface area contributed by atoms with Gasteiger partial charge in [-0.25, -0.2) is 14.8 Å². The zero-order chi connectivity index (χ0) is 24.9. The molecule has 3 aromatic rings. The fraction of sp³-hybridized carbons (Fsp3) is 0.308. The summed E-state index contributed by atoms with van der Waals surface area (Å²) in [4.78, 5) is 34.3. The van der Waals surface area contributed by atoms with Crippen molar-refractivity contribution in [2.24, 2.45) is 0 Å². The number of benzene rings is 2. The van der Waals surface area contributed by atoms with E-state index in [0.29, 0.717) is 17.1 Å². The predicted octanol–water partition coefficient (Wildman–Crippen LogP) is 4.97. The lowest BCUT2D eigenvalue weighted by Gasteiger charge is -2.24. The molecule has 0 bridgehead atoms. The minimum atomic E-state index is -0.979. The van der Waals surface area contributed by atoms with Gasteiger partial charge in [-0.2, -0.15) is 0 Å². The summed E-state index contributed by atoms with van der Waals surface area (Å²) in [5.74, 6) is 0.595. The van der Waals surface area contributed by atoms with Crippen molar-refractivity contribution in [3.05, 3.63) is 71.5 Å². The van der Waals surface area contributed by atoms with Crippen LogP contribution in [0.5, 0.6) is 5.75 Å². The SMILES string of the molecule is COc1ccc(-c2cc(NC(=O)C(NC(=O)OC(C)(C)C)c3cc(C)cc(C)c3)ncn2)cc1. The Labute approximate surface area is 199 Å². The van der Waals surface area contributed by atoms with E-state index in [2.05, 4.69) is 20.6 Å². The minimum absolute atomic E-state index is 0.311. The van der Waals surface area contributed by atoms with Gasteiger partial charge in [0.05, 0.1) is 12.8 Å². The highest BCUT2D eigenvalue weighted by Crippen LogP contribution is 2.24. The van der Waals surface area contributed by atoms with E-state index in [4.69, 9.17) is 9.47 Å². The second kappa shape index (κ2) is 10.3. The van der Waals surface area contributed by atoms with Crippen LogP contribution in [0.3, 0.4) is 0 Å². The Bertz CT molecular complexity index is 1150.